The zero-order valence-corrected chi connectivity index (χ0v) is 8.72. The van der Waals surface area contributed by atoms with Crippen molar-refractivity contribution in [2.45, 2.75) is 19.6 Å². The summed E-state index contributed by atoms with van der Waals surface area (Å²) in [5, 5.41) is 9.04. The van der Waals surface area contributed by atoms with Gasteiger partial charge in [-0.05, 0) is 13.8 Å². The molecule has 1 aromatic rings. The minimum Gasteiger partial charge on any atom is -0.272 e. The predicted octanol–water partition coefficient (Wildman–Crippen LogP) is -0.175. The fourth-order valence-electron chi connectivity index (χ4n) is 1.23. The Morgan fingerprint density at radius 3 is 2.31 bits per heavy atom. The van der Waals surface area contributed by atoms with Crippen molar-refractivity contribution in [3.63, 3.8) is 0 Å². The number of hydrogen-bond acceptors (Lipinski definition) is 3. The van der Waals surface area contributed by atoms with Crippen LogP contribution in [0.4, 0.5) is 0 Å². The summed E-state index contributed by atoms with van der Waals surface area (Å²) in [7, 11) is -1.69. The highest BCUT2D eigenvalue weighted by Gasteiger charge is 2.14. The second-order valence-corrected chi connectivity index (χ2v) is 4.69. The van der Waals surface area contributed by atoms with Crippen LogP contribution in [0.3, 0.4) is 0 Å². The van der Waals surface area contributed by atoms with Crippen LogP contribution in [0.15, 0.2) is 0 Å². The highest BCUT2D eigenvalue weighted by Crippen LogP contribution is 2.13. The molecule has 0 spiro atoms. The highest BCUT2D eigenvalue weighted by molar-refractivity contribution is 7.88. The van der Waals surface area contributed by atoms with Gasteiger partial charge in [0, 0.05) is 18.3 Å². The normalized spacial score (nSPS) is 12.0. The van der Waals surface area contributed by atoms with Crippen LogP contribution in [0.2, 0.25) is 0 Å². The highest BCUT2D eigenvalue weighted by atomic mass is 32.2. The Bertz CT molecular complexity index is 419. The molecular formula is C7H13N3O2S. The molecule has 0 aromatic carbocycles. The summed E-state index contributed by atoms with van der Waals surface area (Å²) in [6.45, 7) is 3.59. The SMILES string of the molecule is Cc1nn(C)c(C)c1CS(N)(=O)=O. The van der Waals surface area contributed by atoms with E-state index in [-0.39, 0.29) is 5.75 Å². The van der Waals surface area contributed by atoms with Gasteiger partial charge in [-0.3, -0.25) is 4.68 Å². The lowest BCUT2D eigenvalue weighted by atomic mass is 10.2. The molecule has 0 aliphatic heterocycles. The molecule has 6 heteroatoms. The molecule has 1 aromatic heterocycles. The number of nitrogens with two attached hydrogens (primary N) is 1. The third-order valence-electron chi connectivity index (χ3n) is 2.00. The smallest absolute Gasteiger partial charge is 0.213 e. The van der Waals surface area contributed by atoms with Crippen LogP contribution in [-0.2, 0) is 22.8 Å². The topological polar surface area (TPSA) is 78.0 Å². The maximum atomic E-state index is 10.9. The molecule has 1 heterocycles. The Labute approximate surface area is 77.6 Å². The first kappa shape index (κ1) is 10.2. The summed E-state index contributed by atoms with van der Waals surface area (Å²) in [5.41, 5.74) is 2.26. The van der Waals surface area contributed by atoms with Crippen molar-refractivity contribution in [2.24, 2.45) is 12.2 Å². The number of sulfonamides is 1. The molecule has 74 valence electrons. The Morgan fingerprint density at radius 1 is 1.46 bits per heavy atom. The molecule has 2 N–H and O–H groups in total. The molecule has 13 heavy (non-hydrogen) atoms. The Hall–Kier alpha value is -0.880. The molecule has 0 saturated heterocycles. The molecule has 0 aliphatic carbocycles. The van der Waals surface area contributed by atoms with E-state index in [2.05, 4.69) is 5.10 Å². The van der Waals surface area contributed by atoms with Gasteiger partial charge in [-0.15, -0.1) is 0 Å². The molecule has 5 nitrogen and oxygen atoms in total. The zero-order chi connectivity index (χ0) is 10.2. The van der Waals surface area contributed by atoms with Gasteiger partial charge in [-0.2, -0.15) is 5.10 Å². The van der Waals surface area contributed by atoms with Gasteiger partial charge in [-0.25, -0.2) is 13.6 Å². The fourth-order valence-corrected chi connectivity index (χ4v) is 2.05. The maximum Gasteiger partial charge on any atom is 0.213 e. The maximum absolute atomic E-state index is 10.9. The average Bonchev–Trinajstić information content (AvgIpc) is 2.14. The molecule has 0 saturated carbocycles. The number of primary sulfonamides is 1. The van der Waals surface area contributed by atoms with Crippen molar-refractivity contribution in [2.75, 3.05) is 0 Å². The average molecular weight is 203 g/mol. The van der Waals surface area contributed by atoms with Gasteiger partial charge in [0.05, 0.1) is 11.4 Å². The number of aromatic nitrogens is 2. The first-order valence-corrected chi connectivity index (χ1v) is 5.52. The van der Waals surface area contributed by atoms with Crippen molar-refractivity contribution >= 4 is 10.0 Å². The van der Waals surface area contributed by atoms with Crippen LogP contribution in [0.1, 0.15) is 17.0 Å². The lowest BCUT2D eigenvalue weighted by molar-refractivity contribution is 0.596. The van der Waals surface area contributed by atoms with E-state index in [0.29, 0.717) is 11.3 Å². The van der Waals surface area contributed by atoms with E-state index in [4.69, 9.17) is 5.14 Å². The first-order valence-electron chi connectivity index (χ1n) is 3.81. The van der Waals surface area contributed by atoms with Gasteiger partial charge >= 0.3 is 0 Å². The van der Waals surface area contributed by atoms with Gasteiger partial charge in [-0.1, -0.05) is 0 Å². The number of rotatable bonds is 2. The molecule has 0 radical (unpaired) electrons. The van der Waals surface area contributed by atoms with Crippen molar-refractivity contribution < 1.29 is 8.42 Å². The van der Waals surface area contributed by atoms with Crippen LogP contribution in [0, 0.1) is 13.8 Å². The first-order chi connectivity index (χ1) is 5.81. The van der Waals surface area contributed by atoms with Gasteiger partial charge in [0.2, 0.25) is 10.0 Å². The molecule has 1 rings (SSSR count). The van der Waals surface area contributed by atoms with Crippen molar-refractivity contribution in [1.29, 1.82) is 0 Å². The Balaban J connectivity index is 3.15. The molecule has 0 bridgehead atoms. The molecule has 0 aliphatic rings. The number of hydrogen-bond donors (Lipinski definition) is 1. The lowest BCUT2D eigenvalue weighted by Crippen LogP contribution is -2.15. The summed E-state index contributed by atoms with van der Waals surface area (Å²) >= 11 is 0. The van der Waals surface area contributed by atoms with Crippen molar-refractivity contribution in [1.82, 2.24) is 9.78 Å². The van der Waals surface area contributed by atoms with E-state index in [1.807, 2.05) is 6.92 Å². The Kier molecular flexibility index (Phi) is 2.44. The van der Waals surface area contributed by atoms with E-state index in [1.54, 1.807) is 18.7 Å². The molecular weight excluding hydrogens is 190 g/mol. The molecule has 0 fully saturated rings. The van der Waals surface area contributed by atoms with Crippen molar-refractivity contribution in [3.8, 4) is 0 Å². The lowest BCUT2D eigenvalue weighted by Gasteiger charge is -1.98. The van der Waals surface area contributed by atoms with Crippen LogP contribution in [0.25, 0.3) is 0 Å². The summed E-state index contributed by atoms with van der Waals surface area (Å²) in [4.78, 5) is 0. The third kappa shape index (κ3) is 2.28. The van der Waals surface area contributed by atoms with E-state index in [9.17, 15) is 8.42 Å². The summed E-state index contributed by atoms with van der Waals surface area (Å²) < 4.78 is 23.4. The predicted molar refractivity (Wildman–Crippen MR) is 49.5 cm³/mol. The van der Waals surface area contributed by atoms with Crippen LogP contribution in [-0.4, -0.2) is 18.2 Å². The number of aryl methyl sites for hydroxylation is 2. The van der Waals surface area contributed by atoms with E-state index >= 15 is 0 Å². The molecule has 0 amide bonds. The van der Waals surface area contributed by atoms with Gasteiger partial charge in [0.25, 0.3) is 0 Å². The number of nitrogens with zero attached hydrogens (tertiary/aromatic N) is 2. The van der Waals surface area contributed by atoms with Crippen LogP contribution in [0.5, 0.6) is 0 Å². The molecule has 0 unspecified atom stereocenters. The van der Waals surface area contributed by atoms with Crippen molar-refractivity contribution in [3.05, 3.63) is 17.0 Å². The fraction of sp³-hybridized carbons (Fsp3) is 0.571. The van der Waals surface area contributed by atoms with E-state index < -0.39 is 10.0 Å². The minimum absolute atomic E-state index is 0.140. The summed E-state index contributed by atoms with van der Waals surface area (Å²) in [5.74, 6) is -0.140. The Morgan fingerprint density at radius 2 is 2.00 bits per heavy atom. The monoisotopic (exact) mass is 203 g/mol. The van der Waals surface area contributed by atoms with E-state index in [0.717, 1.165) is 5.69 Å². The quantitative estimate of drug-likeness (QED) is 0.724. The van der Waals surface area contributed by atoms with Gasteiger partial charge in [0.15, 0.2) is 0 Å². The van der Waals surface area contributed by atoms with Crippen LogP contribution >= 0.6 is 0 Å². The second-order valence-electron chi connectivity index (χ2n) is 3.08. The van der Waals surface area contributed by atoms with Gasteiger partial charge in [0.1, 0.15) is 0 Å². The zero-order valence-electron chi connectivity index (χ0n) is 7.90. The molecule has 0 atom stereocenters. The van der Waals surface area contributed by atoms with E-state index in [1.165, 1.54) is 0 Å². The third-order valence-corrected chi connectivity index (χ3v) is 2.70. The largest absolute Gasteiger partial charge is 0.272 e. The van der Waals surface area contributed by atoms with Gasteiger partial charge < -0.3 is 0 Å². The second kappa shape index (κ2) is 3.12. The summed E-state index contributed by atoms with van der Waals surface area (Å²) in [6.07, 6.45) is 0. The minimum atomic E-state index is -3.46. The van der Waals surface area contributed by atoms with Crippen LogP contribution < -0.4 is 5.14 Å². The standard InChI is InChI=1S/C7H13N3O2S/c1-5-7(4-13(8,11)12)6(2)10(3)9-5/h4H2,1-3H3,(H2,8,11,12). The summed E-state index contributed by atoms with van der Waals surface area (Å²) in [6, 6.07) is 0.